The topological polar surface area (TPSA) is 35.5 Å². The molecule has 74 valence electrons. The lowest BCUT2D eigenvalue weighted by Gasteiger charge is -2.22. The molecule has 0 radical (unpaired) electrons. The molecule has 0 amide bonds. The number of rotatable bonds is 2. The van der Waals surface area contributed by atoms with Crippen LogP contribution in [0.3, 0.4) is 0 Å². The second kappa shape index (κ2) is 5.02. The van der Waals surface area contributed by atoms with Crippen molar-refractivity contribution in [3.8, 4) is 0 Å². The fraction of sp³-hybridized carbons (Fsp3) is 0.700. The number of carbonyl (C=O) groups excluding carboxylic acids is 1. The molecule has 0 aromatic rings. The highest BCUT2D eigenvalue weighted by atomic mass is 16.6. The van der Waals surface area contributed by atoms with Gasteiger partial charge >= 0.3 is 5.97 Å². The number of esters is 1. The van der Waals surface area contributed by atoms with E-state index in [4.69, 9.17) is 9.47 Å². The average Bonchev–Trinajstić information content (AvgIpc) is 2.18. The first-order valence-corrected chi connectivity index (χ1v) is 4.65. The summed E-state index contributed by atoms with van der Waals surface area (Å²) in [7, 11) is 0. The first kappa shape index (κ1) is 10.3. The van der Waals surface area contributed by atoms with Gasteiger partial charge in [-0.1, -0.05) is 6.08 Å². The summed E-state index contributed by atoms with van der Waals surface area (Å²) in [5.74, 6) is -0.200. The SMILES string of the molecule is C/C=C(/C)C(=O)OC1CCOCC1. The summed E-state index contributed by atoms with van der Waals surface area (Å²) < 4.78 is 10.4. The molecule has 3 heteroatoms. The number of hydrogen-bond donors (Lipinski definition) is 0. The number of allylic oxidation sites excluding steroid dienone is 1. The molecule has 0 unspecified atom stereocenters. The van der Waals surface area contributed by atoms with E-state index in [1.165, 1.54) is 0 Å². The third-order valence-electron chi connectivity index (χ3n) is 2.20. The van der Waals surface area contributed by atoms with Crippen molar-refractivity contribution in [2.75, 3.05) is 13.2 Å². The van der Waals surface area contributed by atoms with Crippen molar-refractivity contribution < 1.29 is 14.3 Å². The summed E-state index contributed by atoms with van der Waals surface area (Å²) in [4.78, 5) is 11.3. The summed E-state index contributed by atoms with van der Waals surface area (Å²) in [6, 6.07) is 0. The van der Waals surface area contributed by atoms with Gasteiger partial charge in [0.05, 0.1) is 13.2 Å². The predicted molar refractivity (Wildman–Crippen MR) is 49.4 cm³/mol. The van der Waals surface area contributed by atoms with Gasteiger partial charge in [0, 0.05) is 18.4 Å². The Morgan fingerprint density at radius 2 is 2.08 bits per heavy atom. The van der Waals surface area contributed by atoms with Crippen molar-refractivity contribution >= 4 is 5.97 Å². The molecule has 1 fully saturated rings. The lowest BCUT2D eigenvalue weighted by Crippen LogP contribution is -2.26. The molecule has 1 aliphatic heterocycles. The van der Waals surface area contributed by atoms with Crippen LogP contribution in [-0.4, -0.2) is 25.3 Å². The maximum atomic E-state index is 11.3. The van der Waals surface area contributed by atoms with Crippen LogP contribution in [-0.2, 0) is 14.3 Å². The summed E-state index contributed by atoms with van der Waals surface area (Å²) in [5, 5.41) is 0. The molecule has 0 spiro atoms. The molecular weight excluding hydrogens is 168 g/mol. The molecular formula is C10H16O3. The summed E-state index contributed by atoms with van der Waals surface area (Å²) in [6.45, 7) is 5.00. The maximum Gasteiger partial charge on any atom is 0.333 e. The van der Waals surface area contributed by atoms with Crippen LogP contribution in [0.5, 0.6) is 0 Å². The largest absolute Gasteiger partial charge is 0.459 e. The van der Waals surface area contributed by atoms with Crippen LogP contribution in [0.2, 0.25) is 0 Å². The van der Waals surface area contributed by atoms with Gasteiger partial charge in [0.1, 0.15) is 6.10 Å². The van der Waals surface area contributed by atoms with Crippen LogP contribution in [0.4, 0.5) is 0 Å². The zero-order valence-electron chi connectivity index (χ0n) is 8.21. The Hall–Kier alpha value is -0.830. The molecule has 0 aromatic carbocycles. The van der Waals surface area contributed by atoms with Crippen LogP contribution in [0.15, 0.2) is 11.6 Å². The van der Waals surface area contributed by atoms with Crippen molar-refractivity contribution in [1.29, 1.82) is 0 Å². The molecule has 3 nitrogen and oxygen atoms in total. The summed E-state index contributed by atoms with van der Waals surface area (Å²) in [5.41, 5.74) is 0.673. The normalized spacial score (nSPS) is 20.0. The first-order valence-electron chi connectivity index (χ1n) is 4.65. The van der Waals surface area contributed by atoms with Crippen LogP contribution in [0.1, 0.15) is 26.7 Å². The van der Waals surface area contributed by atoms with Gasteiger partial charge < -0.3 is 9.47 Å². The Bertz CT molecular complexity index is 202. The second-order valence-electron chi connectivity index (χ2n) is 3.19. The molecule has 0 bridgehead atoms. The van der Waals surface area contributed by atoms with Gasteiger partial charge in [0.25, 0.3) is 0 Å². The van der Waals surface area contributed by atoms with E-state index in [9.17, 15) is 4.79 Å². The van der Waals surface area contributed by atoms with Gasteiger partial charge in [-0.25, -0.2) is 4.79 Å². The van der Waals surface area contributed by atoms with Crippen molar-refractivity contribution in [1.82, 2.24) is 0 Å². The summed E-state index contributed by atoms with van der Waals surface area (Å²) in [6.07, 6.45) is 3.46. The Morgan fingerprint density at radius 3 is 2.62 bits per heavy atom. The van der Waals surface area contributed by atoms with Gasteiger partial charge in [-0.05, 0) is 13.8 Å². The molecule has 0 aliphatic carbocycles. The highest BCUT2D eigenvalue weighted by Gasteiger charge is 2.18. The standard InChI is InChI=1S/C10H16O3/c1-3-8(2)10(11)13-9-4-6-12-7-5-9/h3,9H,4-7H2,1-2H3/b8-3-. The lowest BCUT2D eigenvalue weighted by molar-refractivity contribution is -0.148. The molecule has 13 heavy (non-hydrogen) atoms. The van der Waals surface area contributed by atoms with E-state index in [1.54, 1.807) is 13.0 Å². The number of hydrogen-bond acceptors (Lipinski definition) is 3. The van der Waals surface area contributed by atoms with Crippen LogP contribution in [0.25, 0.3) is 0 Å². The summed E-state index contributed by atoms with van der Waals surface area (Å²) >= 11 is 0. The van der Waals surface area contributed by atoms with Crippen LogP contribution < -0.4 is 0 Å². The van der Waals surface area contributed by atoms with Gasteiger partial charge in [0.15, 0.2) is 0 Å². The van der Waals surface area contributed by atoms with Crippen molar-refractivity contribution in [2.45, 2.75) is 32.8 Å². The third kappa shape index (κ3) is 3.19. The monoisotopic (exact) mass is 184 g/mol. The fourth-order valence-corrected chi connectivity index (χ4v) is 1.16. The minimum atomic E-state index is -0.200. The highest BCUT2D eigenvalue weighted by molar-refractivity contribution is 5.87. The van der Waals surface area contributed by atoms with Crippen LogP contribution >= 0.6 is 0 Å². The molecule has 1 heterocycles. The zero-order chi connectivity index (χ0) is 9.68. The Morgan fingerprint density at radius 1 is 1.46 bits per heavy atom. The van der Waals surface area contributed by atoms with E-state index < -0.39 is 0 Å². The van der Waals surface area contributed by atoms with Crippen molar-refractivity contribution in [2.24, 2.45) is 0 Å². The van der Waals surface area contributed by atoms with E-state index in [1.807, 2.05) is 6.92 Å². The van der Waals surface area contributed by atoms with Crippen molar-refractivity contribution in [3.63, 3.8) is 0 Å². The molecule has 0 atom stereocenters. The lowest BCUT2D eigenvalue weighted by atomic mass is 10.1. The Balaban J connectivity index is 2.34. The molecule has 0 saturated carbocycles. The van der Waals surface area contributed by atoms with Crippen LogP contribution in [0, 0.1) is 0 Å². The molecule has 0 N–H and O–H groups in total. The van der Waals surface area contributed by atoms with Crippen molar-refractivity contribution in [3.05, 3.63) is 11.6 Å². The second-order valence-corrected chi connectivity index (χ2v) is 3.19. The smallest absolute Gasteiger partial charge is 0.333 e. The highest BCUT2D eigenvalue weighted by Crippen LogP contribution is 2.12. The number of carbonyl (C=O) groups is 1. The third-order valence-corrected chi connectivity index (χ3v) is 2.20. The fourth-order valence-electron chi connectivity index (χ4n) is 1.16. The van der Waals surface area contributed by atoms with Gasteiger partial charge in [-0.15, -0.1) is 0 Å². The van der Waals surface area contributed by atoms with Gasteiger partial charge in [-0.3, -0.25) is 0 Å². The molecule has 1 saturated heterocycles. The first-order chi connectivity index (χ1) is 6.24. The molecule has 1 rings (SSSR count). The van der Waals surface area contributed by atoms with E-state index in [-0.39, 0.29) is 12.1 Å². The minimum absolute atomic E-state index is 0.0520. The van der Waals surface area contributed by atoms with E-state index in [0.717, 1.165) is 12.8 Å². The van der Waals surface area contributed by atoms with E-state index >= 15 is 0 Å². The van der Waals surface area contributed by atoms with E-state index in [2.05, 4.69) is 0 Å². The molecule has 1 aliphatic rings. The van der Waals surface area contributed by atoms with Gasteiger partial charge in [-0.2, -0.15) is 0 Å². The average molecular weight is 184 g/mol. The van der Waals surface area contributed by atoms with E-state index in [0.29, 0.717) is 18.8 Å². The quantitative estimate of drug-likeness (QED) is 0.484. The maximum absolute atomic E-state index is 11.3. The number of ether oxygens (including phenoxy) is 2. The Labute approximate surface area is 78.7 Å². The predicted octanol–water partition coefficient (Wildman–Crippen LogP) is 1.67. The minimum Gasteiger partial charge on any atom is -0.459 e. The van der Waals surface area contributed by atoms with Gasteiger partial charge in [0.2, 0.25) is 0 Å². The zero-order valence-corrected chi connectivity index (χ0v) is 8.21. The Kier molecular flexibility index (Phi) is 3.96. The molecule has 0 aromatic heterocycles.